The lowest BCUT2D eigenvalue weighted by Gasteiger charge is -2.28. The van der Waals surface area contributed by atoms with Gasteiger partial charge in [-0.1, -0.05) is 36.4 Å². The van der Waals surface area contributed by atoms with Crippen molar-refractivity contribution in [3.8, 4) is 11.5 Å². The third kappa shape index (κ3) is 5.25. The summed E-state index contributed by atoms with van der Waals surface area (Å²) in [6, 6.07) is 15.8. The van der Waals surface area contributed by atoms with Crippen LogP contribution in [-0.2, 0) is 11.3 Å². The van der Waals surface area contributed by atoms with Crippen LogP contribution < -0.4 is 15.2 Å². The van der Waals surface area contributed by atoms with Gasteiger partial charge in [0.1, 0.15) is 0 Å². The van der Waals surface area contributed by atoms with E-state index in [0.29, 0.717) is 18.0 Å². The van der Waals surface area contributed by atoms with Crippen molar-refractivity contribution in [2.75, 3.05) is 34.4 Å². The van der Waals surface area contributed by atoms with Crippen LogP contribution in [0.4, 0.5) is 0 Å². The normalized spacial score (nSPS) is 19.6. The second-order valence-electron chi connectivity index (χ2n) is 7.69. The van der Waals surface area contributed by atoms with Crippen LogP contribution in [-0.4, -0.2) is 62.1 Å². The van der Waals surface area contributed by atoms with Crippen LogP contribution in [0.15, 0.2) is 48.5 Å². The quantitative estimate of drug-likeness (QED) is 0.727. The summed E-state index contributed by atoms with van der Waals surface area (Å²) < 4.78 is 10.6. The number of carbonyl (C=O) groups is 1. The molecule has 0 spiro atoms. The van der Waals surface area contributed by atoms with Gasteiger partial charge < -0.3 is 20.1 Å². The molecule has 2 aromatic carbocycles. The molecule has 2 aromatic rings. The van der Waals surface area contributed by atoms with Gasteiger partial charge in [-0.2, -0.15) is 0 Å². The summed E-state index contributed by atoms with van der Waals surface area (Å²) in [7, 11) is 5.05. The Morgan fingerprint density at radius 1 is 1.13 bits per heavy atom. The molecule has 1 heterocycles. The fourth-order valence-corrected chi connectivity index (χ4v) is 4.04. The number of carbonyl (C=O) groups excluding carboxylic acids is 1. The van der Waals surface area contributed by atoms with Crippen molar-refractivity contribution in [3.05, 3.63) is 59.7 Å². The average Bonchev–Trinajstić information content (AvgIpc) is 3.14. The highest BCUT2D eigenvalue weighted by molar-refractivity contribution is 5.85. The van der Waals surface area contributed by atoms with E-state index in [9.17, 15) is 4.79 Å². The van der Waals surface area contributed by atoms with Crippen molar-refractivity contribution in [2.24, 2.45) is 5.73 Å². The van der Waals surface area contributed by atoms with Gasteiger partial charge in [-0.15, -0.1) is 12.4 Å². The van der Waals surface area contributed by atoms with Crippen LogP contribution >= 0.6 is 12.4 Å². The number of rotatable bonds is 7. The average molecular weight is 434 g/mol. The molecule has 0 saturated carbocycles. The maximum absolute atomic E-state index is 13.0. The molecule has 1 amide bonds. The van der Waals surface area contributed by atoms with E-state index in [1.54, 1.807) is 19.1 Å². The molecule has 1 fully saturated rings. The van der Waals surface area contributed by atoms with E-state index >= 15 is 0 Å². The molecule has 1 unspecified atom stereocenters. The number of nitrogens with zero attached hydrogens (tertiary/aromatic N) is 2. The van der Waals surface area contributed by atoms with Gasteiger partial charge in [0.15, 0.2) is 11.5 Å². The van der Waals surface area contributed by atoms with E-state index in [0.717, 1.165) is 18.7 Å². The predicted octanol–water partition coefficient (Wildman–Crippen LogP) is 2.90. The van der Waals surface area contributed by atoms with Crippen molar-refractivity contribution in [1.82, 2.24) is 9.80 Å². The second kappa shape index (κ2) is 10.7. The summed E-state index contributed by atoms with van der Waals surface area (Å²) in [5.74, 6) is 1.68. The molecule has 7 heteroatoms. The van der Waals surface area contributed by atoms with Gasteiger partial charge in [0.25, 0.3) is 0 Å². The number of ether oxygens (including phenoxy) is 2. The number of hydrogen-bond acceptors (Lipinski definition) is 5. The minimum atomic E-state index is -0.222. The van der Waals surface area contributed by atoms with E-state index in [2.05, 4.69) is 17.0 Å². The fourth-order valence-electron chi connectivity index (χ4n) is 4.04. The second-order valence-corrected chi connectivity index (χ2v) is 7.69. The molecular formula is C23H32ClN3O3. The van der Waals surface area contributed by atoms with Gasteiger partial charge in [-0.25, -0.2) is 0 Å². The Bertz CT molecular complexity index is 834. The molecule has 0 bridgehead atoms. The molecule has 164 valence electrons. The number of methoxy groups -OCH3 is 2. The molecule has 0 radical (unpaired) electrons. The van der Waals surface area contributed by atoms with Gasteiger partial charge in [0, 0.05) is 38.6 Å². The Kier molecular flexibility index (Phi) is 8.53. The summed E-state index contributed by atoms with van der Waals surface area (Å²) in [5, 5.41) is 0. The van der Waals surface area contributed by atoms with Crippen molar-refractivity contribution < 1.29 is 14.3 Å². The van der Waals surface area contributed by atoms with Gasteiger partial charge in [0.2, 0.25) is 5.91 Å². The number of benzene rings is 2. The Labute approximate surface area is 185 Å². The van der Waals surface area contributed by atoms with Gasteiger partial charge in [0.05, 0.1) is 20.3 Å². The first-order chi connectivity index (χ1) is 13.9. The monoisotopic (exact) mass is 433 g/mol. The van der Waals surface area contributed by atoms with Crippen LogP contribution in [0.5, 0.6) is 11.5 Å². The molecule has 6 nitrogen and oxygen atoms in total. The predicted molar refractivity (Wildman–Crippen MR) is 121 cm³/mol. The van der Waals surface area contributed by atoms with Crippen molar-refractivity contribution >= 4 is 18.3 Å². The highest BCUT2D eigenvalue weighted by Crippen LogP contribution is 2.29. The molecule has 0 aliphatic carbocycles. The Balaban J connectivity index is 0.00000320. The van der Waals surface area contributed by atoms with Gasteiger partial charge in [-0.3, -0.25) is 9.69 Å². The first-order valence-electron chi connectivity index (χ1n) is 9.95. The number of hydrogen-bond donors (Lipinski definition) is 1. The minimum Gasteiger partial charge on any atom is -0.493 e. The van der Waals surface area contributed by atoms with Crippen LogP contribution in [0.1, 0.15) is 24.0 Å². The summed E-state index contributed by atoms with van der Waals surface area (Å²) >= 11 is 0. The summed E-state index contributed by atoms with van der Waals surface area (Å²) in [4.78, 5) is 17.0. The number of amides is 1. The molecule has 2 N–H and O–H groups in total. The van der Waals surface area contributed by atoms with E-state index in [-0.39, 0.29) is 36.3 Å². The summed E-state index contributed by atoms with van der Waals surface area (Å²) in [5.41, 5.74) is 8.63. The maximum Gasteiger partial charge on any atom is 0.239 e. The topological polar surface area (TPSA) is 68.0 Å². The lowest BCUT2D eigenvalue weighted by molar-refractivity contribution is -0.135. The number of halogens is 1. The zero-order valence-electron chi connectivity index (χ0n) is 18.1. The Morgan fingerprint density at radius 2 is 1.80 bits per heavy atom. The van der Waals surface area contributed by atoms with Crippen molar-refractivity contribution in [1.29, 1.82) is 0 Å². The van der Waals surface area contributed by atoms with Crippen LogP contribution in [0.25, 0.3) is 0 Å². The van der Waals surface area contributed by atoms with Crippen molar-refractivity contribution in [3.63, 3.8) is 0 Å². The third-order valence-corrected chi connectivity index (χ3v) is 5.77. The van der Waals surface area contributed by atoms with Crippen LogP contribution in [0.3, 0.4) is 0 Å². The summed E-state index contributed by atoms with van der Waals surface area (Å²) in [6.07, 6.45) is 0. The number of likely N-dealkylation sites (N-methyl/N-ethyl adjacent to an activating group) is 1. The van der Waals surface area contributed by atoms with E-state index in [1.165, 1.54) is 5.56 Å². The molecule has 1 aliphatic heterocycles. The smallest absolute Gasteiger partial charge is 0.239 e. The van der Waals surface area contributed by atoms with Gasteiger partial charge >= 0.3 is 0 Å². The molecule has 30 heavy (non-hydrogen) atoms. The van der Waals surface area contributed by atoms with E-state index in [1.807, 2.05) is 50.4 Å². The first kappa shape index (κ1) is 24.0. The molecule has 3 rings (SSSR count). The zero-order chi connectivity index (χ0) is 21.0. The minimum absolute atomic E-state index is 0. The highest BCUT2D eigenvalue weighted by Gasteiger charge is 2.36. The van der Waals surface area contributed by atoms with Gasteiger partial charge in [-0.05, 0) is 30.2 Å². The Morgan fingerprint density at radius 3 is 2.43 bits per heavy atom. The zero-order valence-corrected chi connectivity index (χ0v) is 18.9. The fraction of sp³-hybridized carbons (Fsp3) is 0.435. The highest BCUT2D eigenvalue weighted by atomic mass is 35.5. The Hall–Kier alpha value is -2.28. The van der Waals surface area contributed by atoms with E-state index < -0.39 is 0 Å². The summed E-state index contributed by atoms with van der Waals surface area (Å²) in [6.45, 7) is 3.98. The van der Waals surface area contributed by atoms with Crippen molar-refractivity contribution in [2.45, 2.75) is 31.5 Å². The molecule has 1 saturated heterocycles. The van der Waals surface area contributed by atoms with E-state index in [4.69, 9.17) is 15.2 Å². The molecule has 1 aliphatic rings. The third-order valence-electron chi connectivity index (χ3n) is 5.77. The largest absolute Gasteiger partial charge is 0.493 e. The standard InChI is InChI=1S/C23H31N3O3.ClH/c1-16(26-14-19(20(24)15-26)18-8-6-5-7-9-18)23(27)25(2)13-17-10-11-21(28-3)22(12-17)29-4;/h5-12,16,19-20H,13-15,24H2,1-4H3;1H/t16?,19-,20+;/m0./s1. The van der Waals surface area contributed by atoms with Crippen LogP contribution in [0, 0.1) is 0 Å². The first-order valence-corrected chi connectivity index (χ1v) is 9.95. The number of nitrogens with two attached hydrogens (primary N) is 1. The molecular weight excluding hydrogens is 402 g/mol. The molecule has 0 aromatic heterocycles. The lowest BCUT2D eigenvalue weighted by atomic mass is 9.95. The number of likely N-dealkylation sites (tertiary alicyclic amines) is 1. The SMILES string of the molecule is COc1ccc(CN(C)C(=O)C(C)N2C[C@@H](N)[C@H](c3ccccc3)C2)cc1OC.Cl. The van der Waals surface area contributed by atoms with Crippen LogP contribution in [0.2, 0.25) is 0 Å². The maximum atomic E-state index is 13.0. The molecule has 3 atom stereocenters. The lowest BCUT2D eigenvalue weighted by Crippen LogP contribution is -2.45.